The molecule has 1 saturated heterocycles. The molecule has 0 spiro atoms. The number of hydrogen-bond acceptors (Lipinski definition) is 3. The van der Waals surface area contributed by atoms with Gasteiger partial charge in [0.1, 0.15) is 0 Å². The second-order valence-electron chi connectivity index (χ2n) is 5.01. The predicted molar refractivity (Wildman–Crippen MR) is 57.2 cm³/mol. The minimum atomic E-state index is -0.138. The van der Waals surface area contributed by atoms with E-state index in [2.05, 4.69) is 17.6 Å². The molecule has 1 aliphatic carbocycles. The van der Waals surface area contributed by atoms with E-state index in [1.54, 1.807) is 0 Å². The molecular weight excluding hydrogens is 176 g/mol. The maximum absolute atomic E-state index is 9.61. The van der Waals surface area contributed by atoms with Gasteiger partial charge in [0, 0.05) is 31.6 Å². The Balaban J connectivity index is 1.67. The molecule has 1 aliphatic heterocycles. The fourth-order valence-electron chi connectivity index (χ4n) is 2.64. The van der Waals surface area contributed by atoms with Crippen molar-refractivity contribution in [1.29, 1.82) is 0 Å². The molecule has 0 aromatic rings. The average molecular weight is 198 g/mol. The molecule has 4 unspecified atom stereocenters. The zero-order valence-electron chi connectivity index (χ0n) is 9.00. The Kier molecular flexibility index (Phi) is 3.42. The van der Waals surface area contributed by atoms with Crippen LogP contribution in [-0.2, 0) is 0 Å². The van der Waals surface area contributed by atoms with Crippen LogP contribution < -0.4 is 10.6 Å². The molecule has 3 N–H and O–H groups in total. The number of nitrogens with one attached hydrogen (secondary N) is 2. The van der Waals surface area contributed by atoms with Crippen molar-refractivity contribution in [3.8, 4) is 0 Å². The largest absolute Gasteiger partial charge is 0.391 e. The molecule has 3 heteroatoms. The maximum atomic E-state index is 9.61. The van der Waals surface area contributed by atoms with Gasteiger partial charge in [-0.2, -0.15) is 0 Å². The Morgan fingerprint density at radius 3 is 2.79 bits per heavy atom. The van der Waals surface area contributed by atoms with Gasteiger partial charge in [0.2, 0.25) is 0 Å². The van der Waals surface area contributed by atoms with Crippen LogP contribution in [0.15, 0.2) is 0 Å². The van der Waals surface area contributed by atoms with E-state index >= 15 is 0 Å². The number of aliphatic hydroxyl groups is 1. The number of hydrogen-bond donors (Lipinski definition) is 3. The van der Waals surface area contributed by atoms with Crippen molar-refractivity contribution in [3.05, 3.63) is 0 Å². The van der Waals surface area contributed by atoms with Gasteiger partial charge in [-0.05, 0) is 25.2 Å². The molecule has 4 atom stereocenters. The summed E-state index contributed by atoms with van der Waals surface area (Å²) in [5, 5.41) is 16.4. The molecule has 82 valence electrons. The quantitative estimate of drug-likeness (QED) is 0.613. The maximum Gasteiger partial charge on any atom is 0.0716 e. The number of β-amino-alcohol motifs (C(OH)–C–C–N with tert-alkyl or cyclic N) is 1. The molecular formula is C11H22N2O. The molecule has 3 nitrogen and oxygen atoms in total. The van der Waals surface area contributed by atoms with E-state index in [9.17, 15) is 5.11 Å². The van der Waals surface area contributed by atoms with Crippen LogP contribution in [0.1, 0.15) is 26.2 Å². The topological polar surface area (TPSA) is 44.3 Å². The highest BCUT2D eigenvalue weighted by Crippen LogP contribution is 2.24. The van der Waals surface area contributed by atoms with Gasteiger partial charge in [0.25, 0.3) is 0 Å². The average Bonchev–Trinajstić information content (AvgIpc) is 2.72. The first kappa shape index (κ1) is 10.4. The Labute approximate surface area is 86.3 Å². The Morgan fingerprint density at radius 1 is 1.36 bits per heavy atom. The third-order valence-corrected chi connectivity index (χ3v) is 3.67. The standard InChI is InChI=1S/C11H22N2O/c1-8-2-3-10(4-8)13-6-9-5-12-7-11(9)14/h8-14H,2-7H2,1H3. The molecule has 2 fully saturated rings. The lowest BCUT2D eigenvalue weighted by Gasteiger charge is -2.18. The summed E-state index contributed by atoms with van der Waals surface area (Å²) in [6, 6.07) is 0.706. The van der Waals surface area contributed by atoms with Crippen molar-refractivity contribution in [2.45, 2.75) is 38.3 Å². The molecule has 14 heavy (non-hydrogen) atoms. The molecule has 1 heterocycles. The van der Waals surface area contributed by atoms with Crippen molar-refractivity contribution in [2.75, 3.05) is 19.6 Å². The first-order chi connectivity index (χ1) is 6.75. The third kappa shape index (κ3) is 2.47. The van der Waals surface area contributed by atoms with E-state index in [4.69, 9.17) is 0 Å². The molecule has 0 radical (unpaired) electrons. The highest BCUT2D eigenvalue weighted by atomic mass is 16.3. The molecule has 0 bridgehead atoms. The van der Waals surface area contributed by atoms with E-state index in [-0.39, 0.29) is 6.10 Å². The number of rotatable bonds is 3. The van der Waals surface area contributed by atoms with Gasteiger partial charge in [0.15, 0.2) is 0 Å². The first-order valence-electron chi connectivity index (χ1n) is 5.88. The fraction of sp³-hybridized carbons (Fsp3) is 1.00. The summed E-state index contributed by atoms with van der Waals surface area (Å²) < 4.78 is 0. The van der Waals surface area contributed by atoms with Crippen molar-refractivity contribution >= 4 is 0 Å². The monoisotopic (exact) mass is 198 g/mol. The van der Waals surface area contributed by atoms with Crippen LogP contribution >= 0.6 is 0 Å². The van der Waals surface area contributed by atoms with Gasteiger partial charge >= 0.3 is 0 Å². The van der Waals surface area contributed by atoms with Gasteiger partial charge in [-0.3, -0.25) is 0 Å². The van der Waals surface area contributed by atoms with E-state index in [1.807, 2.05) is 0 Å². The zero-order chi connectivity index (χ0) is 9.97. The van der Waals surface area contributed by atoms with Gasteiger partial charge in [-0.15, -0.1) is 0 Å². The third-order valence-electron chi connectivity index (χ3n) is 3.67. The summed E-state index contributed by atoms with van der Waals surface area (Å²) >= 11 is 0. The highest BCUT2D eigenvalue weighted by molar-refractivity contribution is 4.85. The van der Waals surface area contributed by atoms with E-state index in [1.165, 1.54) is 19.3 Å². The minimum absolute atomic E-state index is 0.138. The Morgan fingerprint density at radius 2 is 2.21 bits per heavy atom. The Bertz CT molecular complexity index is 186. The van der Waals surface area contributed by atoms with Crippen LogP contribution in [-0.4, -0.2) is 36.9 Å². The molecule has 0 aromatic carbocycles. The lowest BCUT2D eigenvalue weighted by molar-refractivity contribution is 0.144. The summed E-state index contributed by atoms with van der Waals surface area (Å²) in [6.07, 6.45) is 3.86. The van der Waals surface area contributed by atoms with Crippen LogP contribution in [0.25, 0.3) is 0 Å². The summed E-state index contributed by atoms with van der Waals surface area (Å²) in [5.74, 6) is 1.31. The van der Waals surface area contributed by atoms with Crippen molar-refractivity contribution in [3.63, 3.8) is 0 Å². The first-order valence-corrected chi connectivity index (χ1v) is 5.88. The summed E-state index contributed by atoms with van der Waals surface area (Å²) in [5.41, 5.74) is 0. The van der Waals surface area contributed by atoms with Crippen LogP contribution in [0.4, 0.5) is 0 Å². The summed E-state index contributed by atoms with van der Waals surface area (Å²) in [4.78, 5) is 0. The van der Waals surface area contributed by atoms with E-state index < -0.39 is 0 Å². The molecule has 2 rings (SSSR count). The van der Waals surface area contributed by atoms with Crippen LogP contribution in [0.3, 0.4) is 0 Å². The predicted octanol–water partition coefficient (Wildman–Crippen LogP) is 0.345. The lowest BCUT2D eigenvalue weighted by atomic mass is 10.1. The zero-order valence-corrected chi connectivity index (χ0v) is 9.00. The smallest absolute Gasteiger partial charge is 0.0716 e. The summed E-state index contributed by atoms with van der Waals surface area (Å²) in [7, 11) is 0. The highest BCUT2D eigenvalue weighted by Gasteiger charge is 2.27. The second kappa shape index (κ2) is 4.60. The van der Waals surface area contributed by atoms with E-state index in [0.717, 1.165) is 25.6 Å². The second-order valence-corrected chi connectivity index (χ2v) is 5.01. The van der Waals surface area contributed by atoms with Crippen molar-refractivity contribution in [2.24, 2.45) is 11.8 Å². The normalized spacial score (nSPS) is 43.3. The number of aliphatic hydroxyl groups excluding tert-OH is 1. The van der Waals surface area contributed by atoms with Gasteiger partial charge in [-0.1, -0.05) is 6.92 Å². The fourth-order valence-corrected chi connectivity index (χ4v) is 2.64. The summed E-state index contributed by atoms with van der Waals surface area (Å²) in [6.45, 7) is 5.04. The lowest BCUT2D eigenvalue weighted by Crippen LogP contribution is -2.35. The van der Waals surface area contributed by atoms with Crippen LogP contribution in [0, 0.1) is 11.8 Å². The van der Waals surface area contributed by atoms with Crippen LogP contribution in [0.2, 0.25) is 0 Å². The van der Waals surface area contributed by atoms with Crippen molar-refractivity contribution in [1.82, 2.24) is 10.6 Å². The van der Waals surface area contributed by atoms with Gasteiger partial charge in [0.05, 0.1) is 6.10 Å². The van der Waals surface area contributed by atoms with Crippen molar-refractivity contribution < 1.29 is 5.11 Å². The Hall–Kier alpha value is -0.120. The molecule has 0 amide bonds. The van der Waals surface area contributed by atoms with Gasteiger partial charge < -0.3 is 15.7 Å². The van der Waals surface area contributed by atoms with Crippen LogP contribution in [0.5, 0.6) is 0 Å². The minimum Gasteiger partial charge on any atom is -0.391 e. The SMILES string of the molecule is CC1CCC(NCC2CNCC2O)C1. The van der Waals surface area contributed by atoms with Gasteiger partial charge in [-0.25, -0.2) is 0 Å². The van der Waals surface area contributed by atoms with E-state index in [0.29, 0.717) is 12.0 Å². The molecule has 2 aliphatic rings. The molecule has 0 aromatic heterocycles. The molecule has 1 saturated carbocycles.